The van der Waals surface area contributed by atoms with Crippen LogP contribution in [0.2, 0.25) is 0 Å². The molecule has 2 N–H and O–H groups in total. The first-order valence-electron chi connectivity index (χ1n) is 5.68. The van der Waals surface area contributed by atoms with Gasteiger partial charge in [0.15, 0.2) is 6.23 Å². The Bertz CT molecular complexity index is 586. The molecule has 0 aliphatic carbocycles. The van der Waals surface area contributed by atoms with Gasteiger partial charge in [0, 0.05) is 21.3 Å². The van der Waals surface area contributed by atoms with Gasteiger partial charge >= 0.3 is 0 Å². The smallest absolute Gasteiger partial charge is 0.158 e. The van der Waals surface area contributed by atoms with Crippen LogP contribution in [0.5, 0.6) is 5.75 Å². The van der Waals surface area contributed by atoms with Gasteiger partial charge in [-0.1, -0.05) is 34.1 Å². The lowest BCUT2D eigenvalue weighted by molar-refractivity contribution is 0.0492. The van der Waals surface area contributed by atoms with Gasteiger partial charge < -0.3 is 15.2 Å². The number of phenolic OH excluding ortho intramolecular Hbond substituents is 1. The van der Waals surface area contributed by atoms with Crippen LogP contribution < -0.4 is 5.32 Å². The minimum atomic E-state index is -0.322. The molecule has 0 bridgehead atoms. The number of ether oxygens (including phenoxy) is 1. The summed E-state index contributed by atoms with van der Waals surface area (Å²) in [6, 6.07) is 13.3. The molecule has 2 aromatic carbocycles. The van der Waals surface area contributed by atoms with Crippen molar-refractivity contribution in [1.29, 1.82) is 0 Å². The van der Waals surface area contributed by atoms with Gasteiger partial charge in [-0.2, -0.15) is 0 Å². The van der Waals surface area contributed by atoms with Crippen LogP contribution in [0.4, 0.5) is 5.69 Å². The Labute approximate surface area is 114 Å². The Balaban J connectivity index is 1.94. The molecule has 2 aromatic rings. The second-order valence-corrected chi connectivity index (χ2v) is 5.11. The highest BCUT2D eigenvalue weighted by atomic mass is 79.9. The largest absolute Gasteiger partial charge is 0.507 e. The van der Waals surface area contributed by atoms with Gasteiger partial charge in [-0.15, -0.1) is 0 Å². The van der Waals surface area contributed by atoms with Crippen LogP contribution in [-0.4, -0.2) is 5.11 Å². The fourth-order valence-electron chi connectivity index (χ4n) is 2.05. The van der Waals surface area contributed by atoms with Gasteiger partial charge in [-0.05, 0) is 24.3 Å². The van der Waals surface area contributed by atoms with Crippen molar-refractivity contribution in [1.82, 2.24) is 0 Å². The average molecular weight is 306 g/mol. The molecule has 1 aliphatic heterocycles. The van der Waals surface area contributed by atoms with Crippen molar-refractivity contribution in [3.63, 3.8) is 0 Å². The monoisotopic (exact) mass is 305 g/mol. The molecule has 0 spiro atoms. The molecule has 3 nitrogen and oxygen atoms in total. The Kier molecular flexibility index (Phi) is 2.97. The van der Waals surface area contributed by atoms with Crippen LogP contribution in [0.1, 0.15) is 17.4 Å². The quantitative estimate of drug-likeness (QED) is 0.842. The van der Waals surface area contributed by atoms with E-state index in [1.54, 1.807) is 12.1 Å². The fourth-order valence-corrected chi connectivity index (χ4v) is 2.42. The first-order chi connectivity index (χ1) is 8.74. The number of benzene rings is 2. The van der Waals surface area contributed by atoms with E-state index >= 15 is 0 Å². The predicted molar refractivity (Wildman–Crippen MR) is 73.4 cm³/mol. The predicted octanol–water partition coefficient (Wildman–Crippen LogP) is 3.80. The van der Waals surface area contributed by atoms with E-state index in [2.05, 4.69) is 21.2 Å². The second-order valence-electron chi connectivity index (χ2n) is 4.20. The van der Waals surface area contributed by atoms with E-state index in [1.807, 2.05) is 30.3 Å². The number of anilines is 1. The first kappa shape index (κ1) is 11.6. The maximum absolute atomic E-state index is 9.89. The molecule has 0 radical (unpaired) electrons. The maximum atomic E-state index is 9.89. The van der Waals surface area contributed by atoms with E-state index in [0.717, 1.165) is 21.3 Å². The van der Waals surface area contributed by atoms with Crippen molar-refractivity contribution < 1.29 is 9.84 Å². The first-order valence-corrected chi connectivity index (χ1v) is 6.48. The summed E-state index contributed by atoms with van der Waals surface area (Å²) >= 11 is 3.40. The number of hydrogen-bond acceptors (Lipinski definition) is 3. The highest BCUT2D eigenvalue weighted by molar-refractivity contribution is 9.10. The molecule has 92 valence electrons. The lowest BCUT2D eigenvalue weighted by atomic mass is 10.1. The van der Waals surface area contributed by atoms with Crippen molar-refractivity contribution in [2.45, 2.75) is 12.8 Å². The number of phenols is 1. The standard InChI is InChI=1S/C14H12BrNO2/c15-10-5-6-13(17)11(7-10)14-16-12-4-2-1-3-9(12)8-18-14/h1-7,14,16-17H,8H2. The maximum Gasteiger partial charge on any atom is 0.158 e. The molecule has 0 amide bonds. The summed E-state index contributed by atoms with van der Waals surface area (Å²) in [5.74, 6) is 0.232. The summed E-state index contributed by atoms with van der Waals surface area (Å²) in [6.07, 6.45) is -0.322. The Morgan fingerprint density at radius 3 is 2.94 bits per heavy atom. The van der Waals surface area contributed by atoms with Gasteiger partial charge in [0.2, 0.25) is 0 Å². The Morgan fingerprint density at radius 1 is 1.22 bits per heavy atom. The lowest BCUT2D eigenvalue weighted by Gasteiger charge is -2.28. The molecule has 0 aromatic heterocycles. The molecule has 18 heavy (non-hydrogen) atoms. The number of hydrogen-bond donors (Lipinski definition) is 2. The van der Waals surface area contributed by atoms with Crippen LogP contribution in [0.15, 0.2) is 46.9 Å². The minimum absolute atomic E-state index is 0.232. The van der Waals surface area contributed by atoms with Gasteiger partial charge in [0.25, 0.3) is 0 Å². The summed E-state index contributed by atoms with van der Waals surface area (Å²) in [6.45, 7) is 0.541. The van der Waals surface area contributed by atoms with E-state index in [-0.39, 0.29) is 12.0 Å². The molecule has 0 fully saturated rings. The SMILES string of the molecule is Oc1ccc(Br)cc1C1Nc2ccccc2CO1. The second kappa shape index (κ2) is 4.63. The van der Waals surface area contributed by atoms with Crippen LogP contribution in [-0.2, 0) is 11.3 Å². The molecule has 1 unspecified atom stereocenters. The number of fused-ring (bicyclic) bond motifs is 1. The molecular weight excluding hydrogens is 294 g/mol. The van der Waals surface area contributed by atoms with E-state index in [0.29, 0.717) is 6.61 Å². The summed E-state index contributed by atoms with van der Waals surface area (Å²) in [5, 5.41) is 13.2. The van der Waals surface area contributed by atoms with Crippen molar-refractivity contribution in [3.8, 4) is 5.75 Å². The molecule has 0 saturated carbocycles. The summed E-state index contributed by atoms with van der Waals surface area (Å²) in [7, 11) is 0. The molecule has 4 heteroatoms. The number of rotatable bonds is 1. The van der Waals surface area contributed by atoms with E-state index in [9.17, 15) is 5.11 Å². The third-order valence-corrected chi connectivity index (χ3v) is 3.47. The zero-order valence-electron chi connectivity index (χ0n) is 9.56. The Morgan fingerprint density at radius 2 is 2.06 bits per heavy atom. The molecule has 1 aliphatic rings. The summed E-state index contributed by atoms with van der Waals surface area (Å²) in [5.41, 5.74) is 2.91. The number of para-hydroxylation sites is 1. The number of nitrogens with one attached hydrogen (secondary N) is 1. The summed E-state index contributed by atoms with van der Waals surface area (Å²) in [4.78, 5) is 0. The van der Waals surface area contributed by atoms with Gasteiger partial charge in [-0.25, -0.2) is 0 Å². The molecule has 1 atom stereocenters. The van der Waals surface area contributed by atoms with Crippen molar-refractivity contribution >= 4 is 21.6 Å². The van der Waals surface area contributed by atoms with E-state index in [1.165, 1.54) is 0 Å². The van der Waals surface area contributed by atoms with Crippen molar-refractivity contribution in [2.75, 3.05) is 5.32 Å². The molecule has 0 saturated heterocycles. The van der Waals surface area contributed by atoms with Crippen molar-refractivity contribution in [2.24, 2.45) is 0 Å². The summed E-state index contributed by atoms with van der Waals surface area (Å²) < 4.78 is 6.65. The van der Waals surface area contributed by atoms with Crippen LogP contribution in [0.25, 0.3) is 0 Å². The van der Waals surface area contributed by atoms with E-state index in [4.69, 9.17) is 4.74 Å². The van der Waals surface area contributed by atoms with Gasteiger partial charge in [0.05, 0.1) is 6.61 Å². The fraction of sp³-hybridized carbons (Fsp3) is 0.143. The van der Waals surface area contributed by atoms with Crippen LogP contribution in [0, 0.1) is 0 Å². The average Bonchev–Trinajstić information content (AvgIpc) is 2.41. The number of halogens is 1. The molecule has 1 heterocycles. The zero-order valence-corrected chi connectivity index (χ0v) is 11.1. The molecule has 3 rings (SSSR count). The molecular formula is C14H12BrNO2. The van der Waals surface area contributed by atoms with Gasteiger partial charge in [-0.3, -0.25) is 0 Å². The highest BCUT2D eigenvalue weighted by Crippen LogP contribution is 2.35. The van der Waals surface area contributed by atoms with E-state index < -0.39 is 0 Å². The normalized spacial score (nSPS) is 17.9. The lowest BCUT2D eigenvalue weighted by Crippen LogP contribution is -2.20. The highest BCUT2D eigenvalue weighted by Gasteiger charge is 2.21. The van der Waals surface area contributed by atoms with Crippen molar-refractivity contribution in [3.05, 3.63) is 58.1 Å². The minimum Gasteiger partial charge on any atom is -0.507 e. The topological polar surface area (TPSA) is 41.5 Å². The number of aromatic hydroxyl groups is 1. The van der Waals surface area contributed by atoms with Crippen LogP contribution in [0.3, 0.4) is 0 Å². The van der Waals surface area contributed by atoms with Crippen LogP contribution >= 0.6 is 15.9 Å². The Hall–Kier alpha value is -1.52. The zero-order chi connectivity index (χ0) is 12.5. The third-order valence-electron chi connectivity index (χ3n) is 2.98. The third kappa shape index (κ3) is 2.09. The van der Waals surface area contributed by atoms with Gasteiger partial charge in [0.1, 0.15) is 5.75 Å².